The van der Waals surface area contributed by atoms with Gasteiger partial charge in [-0.2, -0.15) is 0 Å². The summed E-state index contributed by atoms with van der Waals surface area (Å²) in [6.07, 6.45) is 85.1. The standard InChI is InChI=1S/C125H194N2/c1-13-25-37-48-58-68-78-89-100-112-114(102-91-80-70-60-50-39-27-15-3)118(106-95-84-74-64-54-43-31-19-7)124(119(107-96-85-75-65-55-44-32-20-8)115(112)103-92-81-71-61-51-40-28-16-4)126-122(110-88-36-24-12)123(111-99-47-35-23-11)127-125-120(108-97-86-76-66-56-45-33-21-9)116(104-93-82-72-62-52-41-29-17-5)113(101-90-79-69-59-49-38-26-14-2)117(105-94-83-73-63-53-42-30-18-6)121(125)109-98-87-77-67-57-46-34-22-10/h13-67,88-111H2,1-12H3. The largest absolute Gasteiger partial charge is 0.251 e. The van der Waals surface area contributed by atoms with Crippen LogP contribution >= 0.6 is 0 Å². The molecule has 0 spiro atoms. The summed E-state index contributed by atoms with van der Waals surface area (Å²) in [5.74, 6) is 76.1. The molecule has 0 atom stereocenters. The van der Waals surface area contributed by atoms with Crippen LogP contribution in [0.4, 0.5) is 11.4 Å². The molecule has 2 aromatic rings. The first kappa shape index (κ1) is 116. The summed E-state index contributed by atoms with van der Waals surface area (Å²) in [6.45, 7) is 27.9. The van der Waals surface area contributed by atoms with E-state index in [9.17, 15) is 0 Å². The Morgan fingerprint density at radius 3 is 0.409 bits per heavy atom. The Balaban J connectivity index is 4.09. The van der Waals surface area contributed by atoms with Crippen molar-refractivity contribution < 1.29 is 0 Å². The first-order valence-electron chi connectivity index (χ1n) is 54.9. The molecule has 0 amide bonds. The van der Waals surface area contributed by atoms with Crippen molar-refractivity contribution in [1.82, 2.24) is 0 Å². The third-order valence-corrected chi connectivity index (χ3v) is 25.0. The van der Waals surface area contributed by atoms with Gasteiger partial charge in [0.2, 0.25) is 0 Å². The van der Waals surface area contributed by atoms with Crippen LogP contribution in [-0.4, -0.2) is 11.4 Å². The molecular weight excluding hydrogens is 1530 g/mol. The fourth-order valence-electron chi connectivity index (χ4n) is 17.3. The number of aliphatic imine (C=N–C) groups is 2. The molecule has 0 bridgehead atoms. The van der Waals surface area contributed by atoms with Crippen LogP contribution in [-0.2, 0) is 64.2 Å². The van der Waals surface area contributed by atoms with Gasteiger partial charge in [0.15, 0.2) is 0 Å². The molecule has 0 aliphatic heterocycles. The van der Waals surface area contributed by atoms with Crippen molar-refractivity contribution in [1.29, 1.82) is 0 Å². The van der Waals surface area contributed by atoms with Gasteiger partial charge in [0.1, 0.15) is 0 Å². The summed E-state index contributed by atoms with van der Waals surface area (Å²) in [7, 11) is 0. The summed E-state index contributed by atoms with van der Waals surface area (Å²) < 4.78 is 0. The molecule has 127 heavy (non-hydrogen) atoms. The molecule has 2 aromatic carbocycles. The zero-order chi connectivity index (χ0) is 91.5. The highest BCUT2D eigenvalue weighted by Gasteiger charge is 2.27. The molecule has 0 saturated carbocycles. The second-order valence-corrected chi connectivity index (χ2v) is 36.5. The van der Waals surface area contributed by atoms with Crippen LogP contribution in [0.1, 0.15) is 582 Å². The molecule has 704 valence electrons. The van der Waals surface area contributed by atoms with Crippen molar-refractivity contribution in [2.45, 2.75) is 590 Å². The monoisotopic (exact) mass is 1720 g/mol. The minimum Gasteiger partial charge on any atom is -0.251 e. The van der Waals surface area contributed by atoms with Gasteiger partial charge in [-0.25, -0.2) is 0 Å². The molecular formula is C125H194N2. The maximum absolute atomic E-state index is 6.73. The summed E-state index contributed by atoms with van der Waals surface area (Å²) in [5.41, 5.74) is 19.3. The van der Waals surface area contributed by atoms with Gasteiger partial charge in [-0.1, -0.05) is 308 Å². The zero-order valence-corrected chi connectivity index (χ0v) is 85.8. The molecule has 0 aliphatic carbocycles. The van der Waals surface area contributed by atoms with Crippen molar-refractivity contribution in [3.63, 3.8) is 0 Å². The number of nitrogens with zero attached hydrogens (tertiary/aromatic N) is 2. The fourth-order valence-corrected chi connectivity index (χ4v) is 17.3. The Kier molecular flexibility index (Phi) is 82.5. The zero-order valence-electron chi connectivity index (χ0n) is 85.8. The lowest BCUT2D eigenvalue weighted by Crippen LogP contribution is -2.18. The Labute approximate surface area is 792 Å². The Morgan fingerprint density at radius 1 is 0.134 bits per heavy atom. The molecule has 2 nitrogen and oxygen atoms in total. The van der Waals surface area contributed by atoms with Crippen molar-refractivity contribution in [2.75, 3.05) is 0 Å². The lowest BCUT2D eigenvalue weighted by molar-refractivity contribution is 0.679. The van der Waals surface area contributed by atoms with Crippen molar-refractivity contribution in [3.8, 4) is 118 Å². The van der Waals surface area contributed by atoms with Gasteiger partial charge in [0.05, 0.1) is 22.8 Å². The number of rotatable bonds is 72. The molecule has 0 unspecified atom stereocenters. The first-order valence-corrected chi connectivity index (χ1v) is 54.9. The predicted octanol–water partition coefficient (Wildman–Crippen LogP) is 37.1. The predicted molar refractivity (Wildman–Crippen MR) is 569 cm³/mol. The van der Waals surface area contributed by atoms with E-state index in [-0.39, 0.29) is 0 Å². The SMILES string of the molecule is CCCCCCC#CCCc1c(CCC#CCCCCCC)c(CCC#CCCCCCC)c(N=C(CCCCC)C(CCCCCC)=Nc2c(CCC#CCCCCCC)c(CCC#CCCCCCC)c(CCC#CCCCCCC)c(CCC#CCCCCCC)c2CCC#CCCCCCC)c(CCC#CCCCCCC)c1CCC#CCCCCCC. The highest BCUT2D eigenvalue weighted by Crippen LogP contribution is 2.43. The van der Waals surface area contributed by atoms with E-state index in [1.54, 1.807) is 0 Å². The Hall–Kier alpha value is -6.62. The van der Waals surface area contributed by atoms with Gasteiger partial charge in [-0.3, -0.25) is 9.98 Å². The average molecular weight is 1720 g/mol. The van der Waals surface area contributed by atoms with E-state index < -0.39 is 0 Å². The maximum atomic E-state index is 6.73. The lowest BCUT2D eigenvalue weighted by atomic mass is 9.81. The first-order chi connectivity index (χ1) is 62.9. The van der Waals surface area contributed by atoms with E-state index >= 15 is 0 Å². The molecule has 0 radical (unpaired) electrons. The van der Waals surface area contributed by atoms with Gasteiger partial charge in [0.25, 0.3) is 0 Å². The Morgan fingerprint density at radius 2 is 0.252 bits per heavy atom. The number of hydrogen-bond donors (Lipinski definition) is 0. The van der Waals surface area contributed by atoms with Crippen molar-refractivity contribution in [2.24, 2.45) is 9.98 Å². The lowest BCUT2D eigenvalue weighted by Gasteiger charge is -2.27. The molecule has 2 heteroatoms. The molecule has 0 saturated heterocycles. The molecule has 0 fully saturated rings. The highest BCUT2D eigenvalue weighted by atomic mass is 14.8. The van der Waals surface area contributed by atoms with Gasteiger partial charge < -0.3 is 0 Å². The quantitative estimate of drug-likeness (QED) is 0.0358. The van der Waals surface area contributed by atoms with Crippen molar-refractivity contribution >= 4 is 22.8 Å². The minimum atomic E-state index is 0.789. The van der Waals surface area contributed by atoms with Crippen LogP contribution in [0.5, 0.6) is 0 Å². The molecule has 0 aromatic heterocycles. The van der Waals surface area contributed by atoms with Gasteiger partial charge in [0, 0.05) is 128 Å². The van der Waals surface area contributed by atoms with E-state index in [4.69, 9.17) is 9.98 Å². The van der Waals surface area contributed by atoms with Gasteiger partial charge in [-0.05, 0) is 210 Å². The van der Waals surface area contributed by atoms with E-state index in [0.29, 0.717) is 0 Å². The summed E-state index contributed by atoms with van der Waals surface area (Å²) >= 11 is 0. The second kappa shape index (κ2) is 89.9. The van der Waals surface area contributed by atoms with Crippen LogP contribution in [0.15, 0.2) is 9.98 Å². The summed E-state index contributed by atoms with van der Waals surface area (Å²) in [5, 5.41) is 0. The molecule has 2 rings (SSSR count). The van der Waals surface area contributed by atoms with Gasteiger partial charge in [-0.15, -0.1) is 118 Å². The topological polar surface area (TPSA) is 24.7 Å². The number of benzene rings is 2. The van der Waals surface area contributed by atoms with E-state index in [0.717, 1.165) is 263 Å². The number of hydrogen-bond acceptors (Lipinski definition) is 2. The smallest absolute Gasteiger partial charge is 0.0704 e. The third-order valence-electron chi connectivity index (χ3n) is 25.0. The van der Waals surface area contributed by atoms with Crippen LogP contribution in [0, 0.1) is 118 Å². The molecule has 0 aliphatic rings. The van der Waals surface area contributed by atoms with Crippen LogP contribution in [0.25, 0.3) is 0 Å². The second-order valence-electron chi connectivity index (χ2n) is 36.5. The third kappa shape index (κ3) is 60.9. The van der Waals surface area contributed by atoms with Crippen molar-refractivity contribution in [3.05, 3.63) is 55.6 Å². The molecule has 0 heterocycles. The van der Waals surface area contributed by atoms with Crippen LogP contribution < -0.4 is 0 Å². The highest BCUT2D eigenvalue weighted by molar-refractivity contribution is 6.43. The van der Waals surface area contributed by atoms with Crippen LogP contribution in [0.3, 0.4) is 0 Å². The fraction of sp³-hybridized carbons (Fsp3) is 0.728. The summed E-state index contributed by atoms with van der Waals surface area (Å²) in [4.78, 5) is 13.5. The molecule has 0 N–H and O–H groups in total. The maximum Gasteiger partial charge on any atom is 0.0704 e. The average Bonchev–Trinajstić information content (AvgIpc) is 0.765. The minimum absolute atomic E-state index is 0.789. The summed E-state index contributed by atoms with van der Waals surface area (Å²) in [6, 6.07) is 0. The van der Waals surface area contributed by atoms with E-state index in [2.05, 4.69) is 201 Å². The normalized spacial score (nSPS) is 10.9. The van der Waals surface area contributed by atoms with E-state index in [1.807, 2.05) is 0 Å². The number of unbranched alkanes of at least 4 members (excludes halogenated alkanes) is 45. The Bertz CT molecular complexity index is 3660. The van der Waals surface area contributed by atoms with Gasteiger partial charge >= 0.3 is 0 Å². The van der Waals surface area contributed by atoms with E-state index in [1.165, 1.54) is 322 Å². The van der Waals surface area contributed by atoms with Crippen LogP contribution in [0.2, 0.25) is 0 Å².